The summed E-state index contributed by atoms with van der Waals surface area (Å²) in [6.07, 6.45) is 10.1. The van der Waals surface area contributed by atoms with Crippen LogP contribution >= 0.6 is 0 Å². The van der Waals surface area contributed by atoms with E-state index >= 15 is 0 Å². The number of amidine groups is 1. The molecular formula is C18H32N4. The SMILES string of the molecule is CCCCC(CC)CCCC(C)c1ccc(C(N)=NC=N)[nH]1. The standard InChI is InChI=1S/C18H32N4/c1-4-6-9-15(5-2)10-7-8-14(3)16-11-12-17(22-16)18(20)21-13-19/h11-15,22H,4-10H2,1-3H3,(H3,19,20,21). The number of H-pyrrole nitrogens is 1. The zero-order valence-electron chi connectivity index (χ0n) is 14.4. The van der Waals surface area contributed by atoms with Crippen molar-refractivity contribution in [2.45, 2.75) is 71.6 Å². The van der Waals surface area contributed by atoms with Gasteiger partial charge in [-0.15, -0.1) is 0 Å². The van der Waals surface area contributed by atoms with Gasteiger partial charge in [0.05, 0.1) is 5.69 Å². The van der Waals surface area contributed by atoms with E-state index in [-0.39, 0.29) is 0 Å². The maximum atomic E-state index is 6.96. The number of rotatable bonds is 11. The summed E-state index contributed by atoms with van der Waals surface area (Å²) in [5, 5.41) is 6.96. The Labute approximate surface area is 135 Å². The van der Waals surface area contributed by atoms with Crippen LogP contribution in [-0.2, 0) is 0 Å². The quantitative estimate of drug-likeness (QED) is 0.398. The van der Waals surface area contributed by atoms with E-state index < -0.39 is 0 Å². The van der Waals surface area contributed by atoms with Crippen molar-refractivity contribution in [3.05, 3.63) is 23.5 Å². The Morgan fingerprint density at radius 1 is 1.27 bits per heavy atom. The fourth-order valence-corrected chi connectivity index (χ4v) is 2.90. The third-order valence-corrected chi connectivity index (χ3v) is 4.51. The highest BCUT2D eigenvalue weighted by molar-refractivity contribution is 5.99. The second-order valence-corrected chi connectivity index (χ2v) is 6.22. The molecule has 4 nitrogen and oxygen atoms in total. The summed E-state index contributed by atoms with van der Waals surface area (Å²) in [5.74, 6) is 1.77. The number of hydrogen-bond donors (Lipinski definition) is 3. The Morgan fingerprint density at radius 2 is 2.00 bits per heavy atom. The second-order valence-electron chi connectivity index (χ2n) is 6.22. The van der Waals surface area contributed by atoms with Crippen LogP contribution in [0.5, 0.6) is 0 Å². The van der Waals surface area contributed by atoms with Crippen molar-refractivity contribution in [1.29, 1.82) is 5.41 Å². The van der Waals surface area contributed by atoms with Crippen molar-refractivity contribution in [1.82, 2.24) is 4.98 Å². The van der Waals surface area contributed by atoms with Gasteiger partial charge in [0.25, 0.3) is 0 Å². The summed E-state index contributed by atoms with van der Waals surface area (Å²) in [7, 11) is 0. The Hall–Kier alpha value is -1.58. The Kier molecular flexibility index (Phi) is 8.56. The van der Waals surface area contributed by atoms with Crippen molar-refractivity contribution >= 4 is 12.2 Å². The number of nitrogens with two attached hydrogens (primary N) is 1. The topological polar surface area (TPSA) is 78.0 Å². The molecule has 0 radical (unpaired) electrons. The van der Waals surface area contributed by atoms with Crippen molar-refractivity contribution in [3.63, 3.8) is 0 Å². The number of nitrogens with one attached hydrogen (secondary N) is 2. The molecule has 0 saturated heterocycles. The zero-order valence-corrected chi connectivity index (χ0v) is 14.4. The lowest BCUT2D eigenvalue weighted by molar-refractivity contribution is 0.397. The Balaban J connectivity index is 2.43. The summed E-state index contributed by atoms with van der Waals surface area (Å²) in [4.78, 5) is 7.12. The molecule has 0 amide bonds. The third-order valence-electron chi connectivity index (χ3n) is 4.51. The van der Waals surface area contributed by atoms with Crippen LogP contribution in [0.2, 0.25) is 0 Å². The lowest BCUT2D eigenvalue weighted by Gasteiger charge is -2.16. The number of aliphatic imine (C=N–C) groups is 1. The van der Waals surface area contributed by atoms with Crippen molar-refractivity contribution in [2.24, 2.45) is 16.6 Å². The zero-order chi connectivity index (χ0) is 16.4. The number of unbranched alkanes of at least 4 members (excludes halogenated alkanes) is 1. The van der Waals surface area contributed by atoms with E-state index in [1.165, 1.54) is 50.6 Å². The first-order chi connectivity index (χ1) is 10.6. The molecule has 124 valence electrons. The summed E-state index contributed by atoms with van der Waals surface area (Å²) in [6, 6.07) is 4.03. The van der Waals surface area contributed by atoms with Gasteiger partial charge < -0.3 is 10.7 Å². The number of nitrogens with zero attached hydrogens (tertiary/aromatic N) is 1. The maximum absolute atomic E-state index is 6.96. The Morgan fingerprint density at radius 3 is 2.64 bits per heavy atom. The normalized spacial score (nSPS) is 14.8. The minimum atomic E-state index is 0.374. The van der Waals surface area contributed by atoms with Gasteiger partial charge in [-0.3, -0.25) is 5.41 Å². The molecule has 1 heterocycles. The summed E-state index contributed by atoms with van der Waals surface area (Å²) < 4.78 is 0. The highest BCUT2D eigenvalue weighted by Crippen LogP contribution is 2.25. The predicted octanol–water partition coefficient (Wildman–Crippen LogP) is 4.82. The van der Waals surface area contributed by atoms with Gasteiger partial charge in [0.2, 0.25) is 0 Å². The molecule has 0 aliphatic heterocycles. The largest absolute Gasteiger partial charge is 0.382 e. The van der Waals surface area contributed by atoms with Gasteiger partial charge in [0, 0.05) is 5.69 Å². The first-order valence-corrected chi connectivity index (χ1v) is 8.63. The second kappa shape index (κ2) is 10.2. The van der Waals surface area contributed by atoms with Gasteiger partial charge >= 0.3 is 0 Å². The van der Waals surface area contributed by atoms with E-state index in [9.17, 15) is 0 Å². The summed E-state index contributed by atoms with van der Waals surface area (Å²) in [6.45, 7) is 6.84. The van der Waals surface area contributed by atoms with Gasteiger partial charge in [-0.25, -0.2) is 4.99 Å². The molecule has 0 saturated carbocycles. The summed E-state index contributed by atoms with van der Waals surface area (Å²) in [5.41, 5.74) is 7.80. The van der Waals surface area contributed by atoms with Gasteiger partial charge in [-0.05, 0) is 30.4 Å². The van der Waals surface area contributed by atoms with Crippen LogP contribution < -0.4 is 5.73 Å². The van der Waals surface area contributed by atoms with Crippen LogP contribution in [0.3, 0.4) is 0 Å². The molecule has 0 aliphatic carbocycles. The van der Waals surface area contributed by atoms with E-state index in [0.29, 0.717) is 11.8 Å². The van der Waals surface area contributed by atoms with E-state index in [2.05, 4.69) is 36.8 Å². The third kappa shape index (κ3) is 6.04. The average Bonchev–Trinajstić information content (AvgIpc) is 3.01. The van der Waals surface area contributed by atoms with Crippen molar-refractivity contribution in [3.8, 4) is 0 Å². The van der Waals surface area contributed by atoms with Crippen LogP contribution in [0.15, 0.2) is 17.1 Å². The van der Waals surface area contributed by atoms with Gasteiger partial charge in [0.1, 0.15) is 12.2 Å². The van der Waals surface area contributed by atoms with Crippen LogP contribution in [0.25, 0.3) is 0 Å². The first-order valence-electron chi connectivity index (χ1n) is 8.63. The van der Waals surface area contributed by atoms with Gasteiger partial charge in [-0.1, -0.05) is 59.3 Å². The van der Waals surface area contributed by atoms with E-state index in [0.717, 1.165) is 18.0 Å². The smallest absolute Gasteiger partial charge is 0.148 e. The lowest BCUT2D eigenvalue weighted by Crippen LogP contribution is -2.14. The molecule has 0 fully saturated rings. The molecule has 4 heteroatoms. The van der Waals surface area contributed by atoms with E-state index in [1.54, 1.807) is 0 Å². The van der Waals surface area contributed by atoms with Crippen molar-refractivity contribution < 1.29 is 0 Å². The van der Waals surface area contributed by atoms with Crippen LogP contribution in [-0.4, -0.2) is 17.2 Å². The Bertz CT molecular complexity index is 461. The highest BCUT2D eigenvalue weighted by atomic mass is 14.9. The number of aromatic amines is 1. The molecule has 4 N–H and O–H groups in total. The first kappa shape index (κ1) is 18.5. The number of aromatic nitrogens is 1. The van der Waals surface area contributed by atoms with Crippen LogP contribution in [0, 0.1) is 11.3 Å². The minimum Gasteiger partial charge on any atom is -0.382 e. The molecular weight excluding hydrogens is 272 g/mol. The molecule has 1 aromatic rings. The minimum absolute atomic E-state index is 0.374. The fraction of sp³-hybridized carbons (Fsp3) is 0.667. The molecule has 1 rings (SSSR count). The van der Waals surface area contributed by atoms with Gasteiger partial charge in [0.15, 0.2) is 0 Å². The van der Waals surface area contributed by atoms with E-state index in [1.807, 2.05) is 6.07 Å². The molecule has 0 bridgehead atoms. The molecule has 0 spiro atoms. The maximum Gasteiger partial charge on any atom is 0.148 e. The molecule has 0 aliphatic rings. The monoisotopic (exact) mass is 304 g/mol. The molecule has 0 aromatic carbocycles. The highest BCUT2D eigenvalue weighted by Gasteiger charge is 2.11. The average molecular weight is 304 g/mol. The van der Waals surface area contributed by atoms with Crippen molar-refractivity contribution in [2.75, 3.05) is 0 Å². The molecule has 2 atom stereocenters. The molecule has 22 heavy (non-hydrogen) atoms. The fourth-order valence-electron chi connectivity index (χ4n) is 2.90. The molecule has 1 aromatic heterocycles. The van der Waals surface area contributed by atoms with Crippen LogP contribution in [0.4, 0.5) is 0 Å². The summed E-state index contributed by atoms with van der Waals surface area (Å²) >= 11 is 0. The predicted molar refractivity (Wildman–Crippen MR) is 95.9 cm³/mol. The molecule has 2 unspecified atom stereocenters. The number of hydrogen-bond acceptors (Lipinski definition) is 1. The van der Waals surface area contributed by atoms with E-state index in [4.69, 9.17) is 11.1 Å². The lowest BCUT2D eigenvalue weighted by atomic mass is 9.91. The van der Waals surface area contributed by atoms with Gasteiger partial charge in [-0.2, -0.15) is 0 Å². The van der Waals surface area contributed by atoms with Crippen LogP contribution in [0.1, 0.15) is 83.0 Å².